The Morgan fingerprint density at radius 3 is 2.19 bits per heavy atom. The number of benzene rings is 3. The second-order valence-electron chi connectivity index (χ2n) is 8.48. The van der Waals surface area contributed by atoms with Gasteiger partial charge in [-0.25, -0.2) is 4.98 Å². The molecule has 0 aliphatic carbocycles. The molecule has 0 bridgehead atoms. The first-order valence-corrected chi connectivity index (χ1v) is 10.8. The molecule has 0 radical (unpaired) electrons. The van der Waals surface area contributed by atoms with Crippen molar-refractivity contribution in [1.82, 2.24) is 20.2 Å². The zero-order valence-corrected chi connectivity index (χ0v) is 17.9. The van der Waals surface area contributed by atoms with Crippen LogP contribution in [0.3, 0.4) is 0 Å². The van der Waals surface area contributed by atoms with Gasteiger partial charge in [0.15, 0.2) is 0 Å². The molecule has 6 heteroatoms. The quantitative estimate of drug-likeness (QED) is 0.451. The van der Waals surface area contributed by atoms with E-state index in [1.807, 2.05) is 36.4 Å². The molecule has 3 heterocycles. The summed E-state index contributed by atoms with van der Waals surface area (Å²) >= 11 is 0. The molecule has 0 fully saturated rings. The monoisotopic (exact) mass is 421 g/mol. The number of carbonyl (C=O) groups excluding carboxylic acids is 1. The summed E-state index contributed by atoms with van der Waals surface area (Å²) in [6.45, 7) is 4.12. The summed E-state index contributed by atoms with van der Waals surface area (Å²) in [5, 5.41) is 10.1. The standard InChI is InChI=1S/C26H23N5O/c1-15-7-11-17(12-8-15)22-21-24(30-26-27-19-5-3-4-6-20(19)31(22)26)28-23(29-25(21)32)18-13-9-16(2)10-14-18/h3-14,22-23,28H,1-2H3,(H,27,30)(H,29,32). The molecule has 1 amide bonds. The second-order valence-corrected chi connectivity index (χ2v) is 8.48. The molecule has 3 aromatic carbocycles. The first-order chi connectivity index (χ1) is 15.6. The smallest absolute Gasteiger partial charge is 0.255 e. The number of para-hydroxylation sites is 2. The zero-order valence-electron chi connectivity index (χ0n) is 17.9. The number of nitrogens with one attached hydrogen (secondary N) is 3. The number of amides is 1. The fourth-order valence-electron chi connectivity index (χ4n) is 4.57. The fraction of sp³-hybridized carbons (Fsp3) is 0.154. The first-order valence-electron chi connectivity index (χ1n) is 10.8. The Labute approximate surface area is 186 Å². The van der Waals surface area contributed by atoms with Crippen molar-refractivity contribution in [2.75, 3.05) is 5.32 Å². The van der Waals surface area contributed by atoms with Gasteiger partial charge in [0.25, 0.3) is 5.91 Å². The van der Waals surface area contributed by atoms with E-state index in [-0.39, 0.29) is 18.1 Å². The number of carbonyl (C=O) groups is 1. The molecule has 1 aromatic heterocycles. The molecule has 2 atom stereocenters. The number of anilines is 1. The Bertz CT molecular complexity index is 1380. The molecule has 2 aliphatic rings. The van der Waals surface area contributed by atoms with Crippen LogP contribution in [0.15, 0.2) is 84.2 Å². The van der Waals surface area contributed by atoms with Crippen molar-refractivity contribution in [3.8, 4) is 0 Å². The average Bonchev–Trinajstić information content (AvgIpc) is 3.17. The lowest BCUT2D eigenvalue weighted by molar-refractivity contribution is -0.119. The Kier molecular flexibility index (Phi) is 4.08. The van der Waals surface area contributed by atoms with Gasteiger partial charge in [0.2, 0.25) is 5.95 Å². The van der Waals surface area contributed by atoms with E-state index in [2.05, 4.69) is 70.8 Å². The molecule has 2 unspecified atom stereocenters. The van der Waals surface area contributed by atoms with Crippen LogP contribution < -0.4 is 16.0 Å². The van der Waals surface area contributed by atoms with Gasteiger partial charge in [0, 0.05) is 0 Å². The summed E-state index contributed by atoms with van der Waals surface area (Å²) in [5.74, 6) is 1.33. The maximum Gasteiger partial charge on any atom is 0.255 e. The van der Waals surface area contributed by atoms with Crippen molar-refractivity contribution in [3.63, 3.8) is 0 Å². The van der Waals surface area contributed by atoms with Gasteiger partial charge in [-0.15, -0.1) is 0 Å². The molecule has 3 N–H and O–H groups in total. The van der Waals surface area contributed by atoms with Crippen molar-refractivity contribution >= 4 is 22.9 Å². The predicted molar refractivity (Wildman–Crippen MR) is 125 cm³/mol. The third kappa shape index (κ3) is 2.87. The van der Waals surface area contributed by atoms with Gasteiger partial charge in [-0.05, 0) is 37.1 Å². The molecule has 0 saturated carbocycles. The maximum absolute atomic E-state index is 13.5. The second kappa shape index (κ2) is 6.99. The van der Waals surface area contributed by atoms with Crippen LogP contribution in [-0.4, -0.2) is 15.5 Å². The van der Waals surface area contributed by atoms with Crippen molar-refractivity contribution < 1.29 is 4.79 Å². The largest absolute Gasteiger partial charge is 0.347 e. The molecule has 2 aliphatic heterocycles. The highest BCUT2D eigenvalue weighted by Gasteiger charge is 2.39. The van der Waals surface area contributed by atoms with Crippen LogP contribution in [0.25, 0.3) is 11.0 Å². The minimum absolute atomic E-state index is 0.0918. The summed E-state index contributed by atoms with van der Waals surface area (Å²) < 4.78 is 2.12. The third-order valence-corrected chi connectivity index (χ3v) is 6.25. The molecule has 0 spiro atoms. The van der Waals surface area contributed by atoms with Crippen LogP contribution in [0, 0.1) is 13.8 Å². The molecule has 158 valence electrons. The van der Waals surface area contributed by atoms with Gasteiger partial charge in [0.05, 0.1) is 22.6 Å². The van der Waals surface area contributed by atoms with E-state index in [9.17, 15) is 4.79 Å². The van der Waals surface area contributed by atoms with Crippen molar-refractivity contribution in [2.24, 2.45) is 0 Å². The number of rotatable bonds is 2. The van der Waals surface area contributed by atoms with Gasteiger partial charge in [-0.3, -0.25) is 9.36 Å². The van der Waals surface area contributed by atoms with Crippen molar-refractivity contribution in [2.45, 2.75) is 26.1 Å². The molecule has 32 heavy (non-hydrogen) atoms. The van der Waals surface area contributed by atoms with Gasteiger partial charge >= 0.3 is 0 Å². The van der Waals surface area contributed by atoms with Crippen molar-refractivity contribution in [3.05, 3.63) is 106 Å². The lowest BCUT2D eigenvalue weighted by Crippen LogP contribution is -2.49. The van der Waals surface area contributed by atoms with E-state index in [0.717, 1.165) is 28.1 Å². The molecule has 6 nitrogen and oxygen atoms in total. The van der Waals surface area contributed by atoms with Crippen LogP contribution in [-0.2, 0) is 4.79 Å². The molecular weight excluding hydrogens is 398 g/mol. The minimum Gasteiger partial charge on any atom is -0.347 e. The van der Waals surface area contributed by atoms with Crippen molar-refractivity contribution in [1.29, 1.82) is 0 Å². The van der Waals surface area contributed by atoms with E-state index < -0.39 is 0 Å². The van der Waals surface area contributed by atoms with Crippen LogP contribution in [0.4, 0.5) is 5.95 Å². The maximum atomic E-state index is 13.5. The summed E-state index contributed by atoms with van der Waals surface area (Å²) in [6.07, 6.45) is -0.316. The number of nitrogens with zero attached hydrogens (tertiary/aromatic N) is 2. The Hall–Kier alpha value is -4.06. The van der Waals surface area contributed by atoms with E-state index in [4.69, 9.17) is 4.98 Å². The van der Waals surface area contributed by atoms with E-state index in [0.29, 0.717) is 11.4 Å². The minimum atomic E-state index is -0.316. The Morgan fingerprint density at radius 1 is 0.812 bits per heavy atom. The number of aryl methyl sites for hydroxylation is 2. The fourth-order valence-corrected chi connectivity index (χ4v) is 4.57. The lowest BCUT2D eigenvalue weighted by atomic mass is 9.93. The van der Waals surface area contributed by atoms with Gasteiger partial charge in [-0.1, -0.05) is 71.8 Å². The molecule has 0 saturated heterocycles. The number of imidazole rings is 1. The topological polar surface area (TPSA) is 71.0 Å². The van der Waals surface area contributed by atoms with Crippen LogP contribution in [0.5, 0.6) is 0 Å². The highest BCUT2D eigenvalue weighted by molar-refractivity contribution is 5.99. The Morgan fingerprint density at radius 2 is 1.47 bits per heavy atom. The van der Waals surface area contributed by atoms with Crippen LogP contribution in [0.1, 0.15) is 34.5 Å². The SMILES string of the molecule is Cc1ccc(C2NC(=O)C3=C(Nc4nc5ccccc5n4C3c3ccc(C)cc3)N2)cc1. The predicted octanol–water partition coefficient (Wildman–Crippen LogP) is 4.30. The number of fused-ring (bicyclic) bond motifs is 3. The van der Waals surface area contributed by atoms with E-state index in [1.54, 1.807) is 0 Å². The van der Waals surface area contributed by atoms with Gasteiger partial charge in [-0.2, -0.15) is 0 Å². The summed E-state index contributed by atoms with van der Waals surface area (Å²) in [7, 11) is 0. The highest BCUT2D eigenvalue weighted by atomic mass is 16.2. The molecule has 6 rings (SSSR count). The van der Waals surface area contributed by atoms with Gasteiger partial charge in [0.1, 0.15) is 12.0 Å². The normalized spacial score (nSPS) is 19.6. The summed E-state index contributed by atoms with van der Waals surface area (Å²) in [5.41, 5.74) is 6.94. The number of hydrogen-bond donors (Lipinski definition) is 3. The summed E-state index contributed by atoms with van der Waals surface area (Å²) in [4.78, 5) is 18.3. The average molecular weight is 422 g/mol. The van der Waals surface area contributed by atoms with Gasteiger partial charge < -0.3 is 16.0 Å². The van der Waals surface area contributed by atoms with E-state index in [1.165, 1.54) is 11.1 Å². The molecular formula is C26H23N5O. The van der Waals surface area contributed by atoms with Crippen LogP contribution >= 0.6 is 0 Å². The third-order valence-electron chi connectivity index (χ3n) is 6.25. The van der Waals surface area contributed by atoms with E-state index >= 15 is 0 Å². The number of aromatic nitrogens is 2. The summed E-state index contributed by atoms with van der Waals surface area (Å²) in [6, 6.07) is 24.3. The Balaban J connectivity index is 1.51. The highest BCUT2D eigenvalue weighted by Crippen LogP contribution is 2.40. The van der Waals surface area contributed by atoms with Crippen LogP contribution in [0.2, 0.25) is 0 Å². The lowest BCUT2D eigenvalue weighted by Gasteiger charge is -2.37. The number of hydrogen-bond acceptors (Lipinski definition) is 4. The first kappa shape index (κ1) is 18.7. The zero-order chi connectivity index (χ0) is 21.8. The molecule has 4 aromatic rings.